The lowest BCUT2D eigenvalue weighted by atomic mass is 10.1. The van der Waals surface area contributed by atoms with E-state index in [4.69, 9.17) is 11.6 Å². The van der Waals surface area contributed by atoms with Gasteiger partial charge in [-0.1, -0.05) is 48.9 Å². The quantitative estimate of drug-likeness (QED) is 0.501. The minimum atomic E-state index is -4.23. The van der Waals surface area contributed by atoms with Crippen LogP contribution in [0.1, 0.15) is 25.8 Å². The van der Waals surface area contributed by atoms with Gasteiger partial charge in [-0.2, -0.15) is 12.7 Å². The Morgan fingerprint density at radius 3 is 2.29 bits per heavy atom. The van der Waals surface area contributed by atoms with Gasteiger partial charge in [0, 0.05) is 32.2 Å². The molecule has 0 fully saturated rings. The van der Waals surface area contributed by atoms with Crippen LogP contribution < -0.4 is 9.62 Å². The van der Waals surface area contributed by atoms with Crippen molar-refractivity contribution in [1.82, 2.24) is 14.5 Å². The fourth-order valence-electron chi connectivity index (χ4n) is 3.14. The predicted octanol–water partition coefficient (Wildman–Crippen LogP) is 3.04. The van der Waals surface area contributed by atoms with Crippen molar-refractivity contribution in [3.05, 3.63) is 64.9 Å². The van der Waals surface area contributed by atoms with E-state index in [1.165, 1.54) is 37.2 Å². The molecule has 1 N–H and O–H groups in total. The zero-order chi connectivity index (χ0) is 25.5. The van der Waals surface area contributed by atoms with E-state index < -0.39 is 40.4 Å². The molecule has 8 nitrogen and oxygen atoms in total. The smallest absolute Gasteiger partial charge is 0.304 e. The number of anilines is 1. The molecule has 2 aromatic carbocycles. The summed E-state index contributed by atoms with van der Waals surface area (Å²) in [7, 11) is -1.66. The lowest BCUT2D eigenvalue weighted by Crippen LogP contribution is -2.52. The van der Waals surface area contributed by atoms with Crippen LogP contribution >= 0.6 is 11.6 Å². The van der Waals surface area contributed by atoms with Crippen LogP contribution in [0.2, 0.25) is 5.02 Å². The lowest BCUT2D eigenvalue weighted by Gasteiger charge is -2.33. The summed E-state index contributed by atoms with van der Waals surface area (Å²) in [6, 6.07) is 11.2. The summed E-state index contributed by atoms with van der Waals surface area (Å²) in [6.07, 6.45) is 0.707. The highest BCUT2D eigenvalue weighted by atomic mass is 35.5. The Morgan fingerprint density at radius 1 is 1.09 bits per heavy atom. The maximum atomic E-state index is 14.6. The summed E-state index contributed by atoms with van der Waals surface area (Å²) >= 11 is 6.28. The molecule has 1 unspecified atom stereocenters. The van der Waals surface area contributed by atoms with E-state index in [-0.39, 0.29) is 12.2 Å². The van der Waals surface area contributed by atoms with Gasteiger partial charge < -0.3 is 10.2 Å². The summed E-state index contributed by atoms with van der Waals surface area (Å²) in [5, 5.41) is 3.14. The minimum absolute atomic E-state index is 0.0354. The molecule has 1 atom stereocenters. The van der Waals surface area contributed by atoms with Gasteiger partial charge in [0.05, 0.1) is 5.69 Å². The number of hydrogen-bond acceptors (Lipinski definition) is 4. The number of amides is 2. The number of nitrogens with zero attached hydrogens (tertiary/aromatic N) is 3. The fourth-order valence-corrected chi connectivity index (χ4v) is 4.40. The number of hydrogen-bond donors (Lipinski definition) is 1. The third-order valence-corrected chi connectivity index (χ3v) is 7.33. The van der Waals surface area contributed by atoms with Crippen molar-refractivity contribution >= 4 is 39.3 Å². The standard InChI is InChI=1S/C23H30ClFN4O4S/c1-5-14-26-23(31)17(2)28(15-18-10-6-7-11-19(18)24)22(30)16-29(34(32,33)27(3)4)21-13-9-8-12-20(21)25/h6-13,17H,5,14-16H2,1-4H3,(H,26,31). The van der Waals surface area contributed by atoms with Crippen LogP contribution in [0.15, 0.2) is 48.5 Å². The third kappa shape index (κ3) is 6.68. The van der Waals surface area contributed by atoms with Gasteiger partial charge in [-0.15, -0.1) is 0 Å². The largest absolute Gasteiger partial charge is 0.354 e. The molecule has 0 aromatic heterocycles. The van der Waals surface area contributed by atoms with E-state index in [0.29, 0.717) is 27.9 Å². The molecule has 186 valence electrons. The molecule has 0 aliphatic rings. The first kappa shape index (κ1) is 27.6. The Kier molecular flexibility index (Phi) is 9.84. The Morgan fingerprint density at radius 2 is 1.71 bits per heavy atom. The number of halogens is 2. The van der Waals surface area contributed by atoms with Gasteiger partial charge >= 0.3 is 10.2 Å². The first-order valence-electron chi connectivity index (χ1n) is 10.8. The highest BCUT2D eigenvalue weighted by molar-refractivity contribution is 7.90. The van der Waals surface area contributed by atoms with Gasteiger partial charge in [0.15, 0.2) is 0 Å². The maximum Gasteiger partial charge on any atom is 0.304 e. The maximum absolute atomic E-state index is 14.6. The van der Waals surface area contributed by atoms with Crippen molar-refractivity contribution in [2.24, 2.45) is 0 Å². The molecule has 34 heavy (non-hydrogen) atoms. The second kappa shape index (κ2) is 12.1. The van der Waals surface area contributed by atoms with Gasteiger partial charge in [0.1, 0.15) is 18.4 Å². The number of rotatable bonds is 11. The molecular weight excluding hydrogens is 483 g/mol. The Labute approximate surface area is 205 Å². The molecule has 0 heterocycles. The van der Waals surface area contributed by atoms with Crippen molar-refractivity contribution in [3.8, 4) is 0 Å². The number of carbonyl (C=O) groups is 2. The first-order chi connectivity index (χ1) is 16.0. The van der Waals surface area contributed by atoms with Crippen molar-refractivity contribution in [1.29, 1.82) is 0 Å². The summed E-state index contributed by atoms with van der Waals surface area (Å²) in [5.74, 6) is -1.88. The van der Waals surface area contributed by atoms with E-state index in [9.17, 15) is 22.4 Å². The molecule has 0 bridgehead atoms. The molecule has 2 rings (SSSR count). The molecule has 0 spiro atoms. The lowest BCUT2D eigenvalue weighted by molar-refractivity contribution is -0.139. The summed E-state index contributed by atoms with van der Waals surface area (Å²) < 4.78 is 42.2. The van der Waals surface area contributed by atoms with Crippen molar-refractivity contribution in [2.45, 2.75) is 32.9 Å². The van der Waals surface area contributed by atoms with Gasteiger partial charge in [0.25, 0.3) is 0 Å². The third-order valence-electron chi connectivity index (χ3n) is 5.16. The molecule has 0 aliphatic heterocycles. The van der Waals surface area contributed by atoms with Crippen LogP contribution in [-0.2, 0) is 26.3 Å². The molecular formula is C23H30ClFN4O4S. The summed E-state index contributed by atoms with van der Waals surface area (Å²) in [6.45, 7) is 3.13. The van der Waals surface area contributed by atoms with E-state index in [2.05, 4.69) is 5.32 Å². The molecule has 0 saturated heterocycles. The monoisotopic (exact) mass is 512 g/mol. The summed E-state index contributed by atoms with van der Waals surface area (Å²) in [5.41, 5.74) is 0.311. The highest BCUT2D eigenvalue weighted by Crippen LogP contribution is 2.24. The topological polar surface area (TPSA) is 90.0 Å². The zero-order valence-electron chi connectivity index (χ0n) is 19.7. The molecule has 0 aliphatic carbocycles. The Bertz CT molecular complexity index is 1110. The number of carbonyl (C=O) groups excluding carboxylic acids is 2. The molecule has 0 radical (unpaired) electrons. The van der Waals surface area contributed by atoms with E-state index in [0.717, 1.165) is 10.4 Å². The van der Waals surface area contributed by atoms with Crippen LogP contribution in [0.3, 0.4) is 0 Å². The van der Waals surface area contributed by atoms with Crippen molar-refractivity contribution in [3.63, 3.8) is 0 Å². The van der Waals surface area contributed by atoms with Crippen LogP contribution in [0, 0.1) is 5.82 Å². The van der Waals surface area contributed by atoms with Crippen LogP contribution in [0.4, 0.5) is 10.1 Å². The Hall–Kier alpha value is -2.69. The number of benzene rings is 2. The Balaban J connectivity index is 2.47. The van der Waals surface area contributed by atoms with Gasteiger partial charge in [-0.25, -0.2) is 8.70 Å². The number of nitrogens with one attached hydrogen (secondary N) is 1. The fraction of sp³-hybridized carbons (Fsp3) is 0.391. The second-order valence-electron chi connectivity index (χ2n) is 7.83. The normalized spacial score (nSPS) is 12.3. The van der Waals surface area contributed by atoms with Crippen LogP contribution in [-0.4, -0.2) is 62.7 Å². The average molecular weight is 513 g/mol. The van der Waals surface area contributed by atoms with E-state index in [1.807, 2.05) is 6.92 Å². The zero-order valence-corrected chi connectivity index (χ0v) is 21.2. The molecule has 11 heteroatoms. The highest BCUT2D eigenvalue weighted by Gasteiger charge is 2.33. The van der Waals surface area contributed by atoms with E-state index in [1.54, 1.807) is 31.2 Å². The summed E-state index contributed by atoms with van der Waals surface area (Å²) in [4.78, 5) is 27.4. The van der Waals surface area contributed by atoms with Gasteiger partial charge in [0.2, 0.25) is 11.8 Å². The van der Waals surface area contributed by atoms with E-state index >= 15 is 0 Å². The van der Waals surface area contributed by atoms with Crippen LogP contribution in [0.5, 0.6) is 0 Å². The molecule has 2 amide bonds. The average Bonchev–Trinajstić information content (AvgIpc) is 2.80. The van der Waals surface area contributed by atoms with Crippen molar-refractivity contribution in [2.75, 3.05) is 31.5 Å². The van der Waals surface area contributed by atoms with Gasteiger partial charge in [-0.05, 0) is 37.1 Å². The first-order valence-corrected chi connectivity index (χ1v) is 12.5. The molecule has 2 aromatic rings. The predicted molar refractivity (Wildman–Crippen MR) is 131 cm³/mol. The van der Waals surface area contributed by atoms with Crippen LogP contribution in [0.25, 0.3) is 0 Å². The van der Waals surface area contributed by atoms with Gasteiger partial charge in [-0.3, -0.25) is 9.59 Å². The molecule has 0 saturated carbocycles. The number of para-hydroxylation sites is 1. The SMILES string of the molecule is CCCNC(=O)C(C)N(Cc1ccccc1Cl)C(=O)CN(c1ccccc1F)S(=O)(=O)N(C)C. The van der Waals surface area contributed by atoms with Crippen molar-refractivity contribution < 1.29 is 22.4 Å². The minimum Gasteiger partial charge on any atom is -0.354 e. The second-order valence-corrected chi connectivity index (χ2v) is 10.3.